The Balaban J connectivity index is 1.44. The number of amides is 1. The van der Waals surface area contributed by atoms with Gasteiger partial charge in [-0.05, 0) is 5.56 Å². The fourth-order valence-corrected chi connectivity index (χ4v) is 4.97. The maximum Gasteiger partial charge on any atom is 0.234 e. The van der Waals surface area contributed by atoms with E-state index >= 15 is 0 Å². The molecule has 0 unspecified atom stereocenters. The molecule has 0 aliphatic heterocycles. The minimum Gasteiger partial charge on any atom is -0.497 e. The lowest BCUT2D eigenvalue weighted by atomic mass is 10.2. The van der Waals surface area contributed by atoms with Crippen LogP contribution in [0.2, 0.25) is 0 Å². The molecule has 2 aromatic heterocycles. The van der Waals surface area contributed by atoms with Crippen LogP contribution in [0.5, 0.6) is 11.5 Å². The molecule has 1 N–H and O–H groups in total. The summed E-state index contributed by atoms with van der Waals surface area (Å²) in [6, 6.07) is 15.4. The number of carbonyl (C=O) groups excluding carboxylic acids is 1. The summed E-state index contributed by atoms with van der Waals surface area (Å²) in [5.41, 5.74) is 2.43. The van der Waals surface area contributed by atoms with Gasteiger partial charge in [-0.3, -0.25) is 4.79 Å². The van der Waals surface area contributed by atoms with Gasteiger partial charge in [0, 0.05) is 37.5 Å². The second-order valence-corrected chi connectivity index (χ2v) is 9.05. The van der Waals surface area contributed by atoms with Crippen LogP contribution in [0, 0.1) is 0 Å². The van der Waals surface area contributed by atoms with E-state index in [9.17, 15) is 4.79 Å². The van der Waals surface area contributed by atoms with Crippen molar-refractivity contribution in [3.8, 4) is 11.5 Å². The molecule has 0 spiro atoms. The van der Waals surface area contributed by atoms with E-state index in [4.69, 9.17) is 9.47 Å². The van der Waals surface area contributed by atoms with Crippen LogP contribution in [0.15, 0.2) is 59.9 Å². The van der Waals surface area contributed by atoms with Gasteiger partial charge in [0.15, 0.2) is 10.8 Å². The van der Waals surface area contributed by atoms with Crippen molar-refractivity contribution >= 4 is 50.2 Å². The molecule has 0 aliphatic carbocycles. The highest BCUT2D eigenvalue weighted by Gasteiger charge is 2.15. The van der Waals surface area contributed by atoms with E-state index < -0.39 is 0 Å². The van der Waals surface area contributed by atoms with Crippen LogP contribution in [-0.2, 0) is 11.3 Å². The fourth-order valence-electron chi connectivity index (χ4n) is 3.12. The predicted molar refractivity (Wildman–Crippen MR) is 133 cm³/mol. The Morgan fingerprint density at radius 2 is 1.82 bits per heavy atom. The van der Waals surface area contributed by atoms with Gasteiger partial charge in [0.1, 0.15) is 27.6 Å². The number of benzene rings is 2. The molecule has 0 saturated carbocycles. The zero-order valence-electron chi connectivity index (χ0n) is 18.4. The molecule has 10 heteroatoms. The molecule has 0 atom stereocenters. The Morgan fingerprint density at radius 1 is 1.09 bits per heavy atom. The van der Waals surface area contributed by atoms with Crippen LogP contribution in [0.3, 0.4) is 0 Å². The summed E-state index contributed by atoms with van der Waals surface area (Å²) in [4.78, 5) is 28.0. The lowest BCUT2D eigenvalue weighted by molar-refractivity contribution is -0.113. The number of ether oxygens (including phenoxy) is 2. The Labute approximate surface area is 200 Å². The molecule has 4 rings (SSSR count). The van der Waals surface area contributed by atoms with Crippen LogP contribution >= 0.6 is 23.1 Å². The van der Waals surface area contributed by atoms with E-state index in [1.807, 2.05) is 25.2 Å². The Morgan fingerprint density at radius 3 is 2.52 bits per heavy atom. The highest BCUT2D eigenvalue weighted by molar-refractivity contribution is 8.00. The van der Waals surface area contributed by atoms with E-state index in [0.29, 0.717) is 22.8 Å². The molecule has 1 amide bonds. The molecule has 0 aliphatic rings. The Bertz CT molecular complexity index is 1230. The number of aromatic nitrogens is 3. The van der Waals surface area contributed by atoms with E-state index in [0.717, 1.165) is 21.4 Å². The number of fused-ring (bicyclic) bond motifs is 1. The van der Waals surface area contributed by atoms with Gasteiger partial charge in [-0.15, -0.1) is 0 Å². The second kappa shape index (κ2) is 10.5. The zero-order chi connectivity index (χ0) is 23.2. The van der Waals surface area contributed by atoms with E-state index in [2.05, 4.69) is 37.3 Å². The maximum absolute atomic E-state index is 12.6. The van der Waals surface area contributed by atoms with Gasteiger partial charge in [-0.25, -0.2) is 9.97 Å². The summed E-state index contributed by atoms with van der Waals surface area (Å²) < 4.78 is 11.4. The lowest BCUT2D eigenvalue weighted by Crippen LogP contribution is -2.15. The van der Waals surface area contributed by atoms with Crippen LogP contribution in [0.1, 0.15) is 5.56 Å². The first-order valence-electron chi connectivity index (χ1n) is 10.1. The van der Waals surface area contributed by atoms with Crippen molar-refractivity contribution in [3.05, 3.63) is 60.4 Å². The summed E-state index contributed by atoms with van der Waals surface area (Å²) >= 11 is 2.87. The minimum atomic E-state index is -0.159. The highest BCUT2D eigenvalue weighted by Crippen LogP contribution is 2.34. The van der Waals surface area contributed by atoms with Crippen LogP contribution in [0.25, 0.3) is 10.3 Å². The number of carbonyl (C=O) groups is 1. The van der Waals surface area contributed by atoms with Gasteiger partial charge in [0.2, 0.25) is 5.91 Å². The van der Waals surface area contributed by atoms with Gasteiger partial charge >= 0.3 is 0 Å². The number of anilines is 2. The van der Waals surface area contributed by atoms with Crippen molar-refractivity contribution in [3.63, 3.8) is 0 Å². The first-order valence-corrected chi connectivity index (χ1v) is 11.9. The number of thiazole rings is 1. The molecule has 170 valence electrons. The van der Waals surface area contributed by atoms with E-state index in [1.54, 1.807) is 32.4 Å². The monoisotopic (exact) mass is 481 g/mol. The molecule has 0 bridgehead atoms. The summed E-state index contributed by atoms with van der Waals surface area (Å²) in [6.45, 7) is 0.739. The highest BCUT2D eigenvalue weighted by atomic mass is 32.2. The van der Waals surface area contributed by atoms with Crippen molar-refractivity contribution in [2.24, 2.45) is 0 Å². The SMILES string of the molecule is COc1cc(NC(=O)CSc2ncnc3nc(N(C)Cc4ccccc4)sc23)cc(OC)c1. The maximum atomic E-state index is 12.6. The van der Waals surface area contributed by atoms with Gasteiger partial charge in [0.25, 0.3) is 0 Å². The first-order chi connectivity index (χ1) is 16.1. The lowest BCUT2D eigenvalue weighted by Gasteiger charge is -2.15. The Kier molecular flexibility index (Phi) is 7.26. The van der Waals surface area contributed by atoms with Crippen LogP contribution < -0.4 is 19.7 Å². The van der Waals surface area contributed by atoms with Crippen LogP contribution in [0.4, 0.5) is 10.8 Å². The summed E-state index contributed by atoms with van der Waals surface area (Å²) in [7, 11) is 5.13. The molecule has 4 aromatic rings. The summed E-state index contributed by atoms with van der Waals surface area (Å²) in [5, 5.41) is 4.46. The van der Waals surface area contributed by atoms with Crippen molar-refractivity contribution in [2.45, 2.75) is 11.6 Å². The molecule has 0 fully saturated rings. The topological polar surface area (TPSA) is 89.5 Å². The predicted octanol–water partition coefficient (Wildman–Crippen LogP) is 4.47. The first kappa shape index (κ1) is 22.8. The number of hydrogen-bond donors (Lipinski definition) is 1. The molecular formula is C23H23N5O3S2. The average molecular weight is 482 g/mol. The van der Waals surface area contributed by atoms with Gasteiger partial charge in [-0.1, -0.05) is 53.4 Å². The molecular weight excluding hydrogens is 458 g/mol. The third-order valence-electron chi connectivity index (χ3n) is 4.71. The zero-order valence-corrected chi connectivity index (χ0v) is 20.1. The molecule has 0 radical (unpaired) electrons. The number of rotatable bonds is 9. The number of hydrogen-bond acceptors (Lipinski definition) is 9. The minimum absolute atomic E-state index is 0.159. The third-order valence-corrected chi connectivity index (χ3v) is 7.00. The largest absolute Gasteiger partial charge is 0.497 e. The standard InChI is InChI=1S/C23H23N5O3S2/c1-28(12-15-7-5-4-6-8-15)23-27-21-20(33-23)22(25-14-24-21)32-13-19(29)26-16-9-17(30-2)11-18(10-16)31-3/h4-11,14H,12-13H2,1-3H3,(H,26,29). The number of nitrogens with zero attached hydrogens (tertiary/aromatic N) is 4. The quantitative estimate of drug-likeness (QED) is 0.277. The number of thioether (sulfide) groups is 1. The van der Waals surface area contributed by atoms with E-state index in [-0.39, 0.29) is 11.7 Å². The average Bonchev–Trinajstić information content (AvgIpc) is 3.28. The molecule has 2 aromatic carbocycles. The number of nitrogens with one attached hydrogen (secondary N) is 1. The van der Waals surface area contributed by atoms with Gasteiger partial charge < -0.3 is 19.7 Å². The summed E-state index contributed by atoms with van der Waals surface area (Å²) in [6.07, 6.45) is 1.48. The molecule has 0 saturated heterocycles. The van der Waals surface area contributed by atoms with Gasteiger partial charge in [-0.2, -0.15) is 4.98 Å². The second-order valence-electron chi connectivity index (χ2n) is 7.11. The van der Waals surface area contributed by atoms with Crippen molar-refractivity contribution < 1.29 is 14.3 Å². The smallest absolute Gasteiger partial charge is 0.234 e. The molecule has 8 nitrogen and oxygen atoms in total. The third kappa shape index (κ3) is 5.71. The Hall–Kier alpha value is -3.37. The normalized spacial score (nSPS) is 10.8. The van der Waals surface area contributed by atoms with Crippen molar-refractivity contribution in [2.75, 3.05) is 37.2 Å². The van der Waals surface area contributed by atoms with E-state index in [1.165, 1.54) is 35.0 Å². The fraction of sp³-hybridized carbons (Fsp3) is 0.217. The van der Waals surface area contributed by atoms with Crippen molar-refractivity contribution in [1.82, 2.24) is 15.0 Å². The molecule has 33 heavy (non-hydrogen) atoms. The number of methoxy groups -OCH3 is 2. The van der Waals surface area contributed by atoms with Crippen molar-refractivity contribution in [1.29, 1.82) is 0 Å². The molecule has 2 heterocycles. The van der Waals surface area contributed by atoms with Gasteiger partial charge in [0.05, 0.1) is 20.0 Å². The summed E-state index contributed by atoms with van der Waals surface area (Å²) in [5.74, 6) is 1.24. The van der Waals surface area contributed by atoms with Crippen LogP contribution in [-0.4, -0.2) is 47.9 Å².